The Morgan fingerprint density at radius 3 is 2.50 bits per heavy atom. The van der Waals surface area contributed by atoms with E-state index in [1.807, 2.05) is 6.07 Å². The van der Waals surface area contributed by atoms with Gasteiger partial charge in [0.15, 0.2) is 0 Å². The van der Waals surface area contributed by atoms with E-state index in [9.17, 15) is 0 Å². The first-order valence-corrected chi connectivity index (χ1v) is 7.78. The molecule has 0 saturated carbocycles. The average molecular weight is 279 g/mol. The molecular weight excluding hydrogens is 250 g/mol. The van der Waals surface area contributed by atoms with E-state index >= 15 is 0 Å². The van der Waals surface area contributed by atoms with Crippen LogP contribution < -0.4 is 10.1 Å². The summed E-state index contributed by atoms with van der Waals surface area (Å²) < 4.78 is 5.74. The zero-order valence-electron chi connectivity index (χ0n) is 13.6. The van der Waals surface area contributed by atoms with Crippen molar-refractivity contribution in [3.05, 3.63) is 11.9 Å². The Labute approximate surface area is 123 Å². The van der Waals surface area contributed by atoms with Crippen LogP contribution in [0.2, 0.25) is 0 Å². The first-order chi connectivity index (χ1) is 9.52. The maximum Gasteiger partial charge on any atom is 0.218 e. The van der Waals surface area contributed by atoms with Crippen LogP contribution in [0, 0.1) is 5.92 Å². The minimum Gasteiger partial charge on any atom is -0.477 e. The monoisotopic (exact) mass is 279 g/mol. The van der Waals surface area contributed by atoms with Gasteiger partial charge in [-0.2, -0.15) is 4.98 Å². The highest BCUT2D eigenvalue weighted by molar-refractivity contribution is 5.38. The summed E-state index contributed by atoms with van der Waals surface area (Å²) in [4.78, 5) is 9.03. The number of ether oxygens (including phenoxy) is 1. The van der Waals surface area contributed by atoms with Gasteiger partial charge in [0.1, 0.15) is 11.6 Å². The molecule has 0 saturated heterocycles. The highest BCUT2D eigenvalue weighted by atomic mass is 16.5. The van der Waals surface area contributed by atoms with Crippen molar-refractivity contribution in [1.29, 1.82) is 0 Å². The van der Waals surface area contributed by atoms with Gasteiger partial charge in [-0.15, -0.1) is 0 Å². The molecule has 0 bridgehead atoms. The fourth-order valence-corrected chi connectivity index (χ4v) is 1.71. The predicted molar refractivity (Wildman–Crippen MR) is 84.5 cm³/mol. The number of rotatable bonds is 9. The second-order valence-corrected chi connectivity index (χ2v) is 5.94. The Morgan fingerprint density at radius 2 is 1.90 bits per heavy atom. The summed E-state index contributed by atoms with van der Waals surface area (Å²) >= 11 is 0. The van der Waals surface area contributed by atoms with Crippen molar-refractivity contribution in [2.75, 3.05) is 18.5 Å². The molecule has 114 valence electrons. The van der Waals surface area contributed by atoms with Crippen molar-refractivity contribution >= 4 is 5.82 Å². The summed E-state index contributed by atoms with van der Waals surface area (Å²) in [6, 6.07) is 1.90. The second kappa shape index (κ2) is 8.77. The SMILES string of the molecule is CCCCCNc1cc(OCC(C)C)nc(C(C)C)n1. The van der Waals surface area contributed by atoms with Gasteiger partial charge in [0, 0.05) is 18.5 Å². The highest BCUT2D eigenvalue weighted by Crippen LogP contribution is 2.19. The molecule has 4 heteroatoms. The Morgan fingerprint density at radius 1 is 1.15 bits per heavy atom. The number of nitrogens with one attached hydrogen (secondary N) is 1. The number of hydrogen-bond donors (Lipinski definition) is 1. The van der Waals surface area contributed by atoms with Gasteiger partial charge in [-0.3, -0.25) is 0 Å². The van der Waals surface area contributed by atoms with Crippen LogP contribution in [0.25, 0.3) is 0 Å². The largest absolute Gasteiger partial charge is 0.477 e. The molecule has 0 spiro atoms. The number of aromatic nitrogens is 2. The van der Waals surface area contributed by atoms with Gasteiger partial charge in [-0.05, 0) is 12.3 Å². The van der Waals surface area contributed by atoms with Crippen LogP contribution in [0.1, 0.15) is 65.6 Å². The molecule has 1 rings (SSSR count). The molecule has 4 nitrogen and oxygen atoms in total. The molecule has 20 heavy (non-hydrogen) atoms. The topological polar surface area (TPSA) is 47.0 Å². The minimum atomic E-state index is 0.300. The maximum absolute atomic E-state index is 5.74. The summed E-state index contributed by atoms with van der Waals surface area (Å²) in [5.74, 6) is 3.18. The Hall–Kier alpha value is -1.32. The smallest absolute Gasteiger partial charge is 0.218 e. The molecule has 1 heterocycles. The van der Waals surface area contributed by atoms with E-state index in [1.165, 1.54) is 19.3 Å². The predicted octanol–water partition coefficient (Wildman–Crippen LogP) is 4.24. The van der Waals surface area contributed by atoms with Gasteiger partial charge in [-0.25, -0.2) is 4.98 Å². The molecule has 1 N–H and O–H groups in total. The molecule has 0 unspecified atom stereocenters. The van der Waals surface area contributed by atoms with Crippen LogP contribution >= 0.6 is 0 Å². The van der Waals surface area contributed by atoms with Crippen molar-refractivity contribution in [1.82, 2.24) is 9.97 Å². The van der Waals surface area contributed by atoms with E-state index in [2.05, 4.69) is 49.9 Å². The van der Waals surface area contributed by atoms with Crippen LogP contribution in [-0.2, 0) is 0 Å². The van der Waals surface area contributed by atoms with E-state index < -0.39 is 0 Å². The van der Waals surface area contributed by atoms with Crippen molar-refractivity contribution in [2.24, 2.45) is 5.92 Å². The zero-order valence-corrected chi connectivity index (χ0v) is 13.6. The first kappa shape index (κ1) is 16.7. The third-order valence-corrected chi connectivity index (χ3v) is 2.89. The Bertz CT molecular complexity index is 391. The normalized spacial score (nSPS) is 11.2. The van der Waals surface area contributed by atoms with E-state index in [4.69, 9.17) is 4.74 Å². The summed E-state index contributed by atoms with van der Waals surface area (Å²) in [5.41, 5.74) is 0. The van der Waals surface area contributed by atoms with Crippen molar-refractivity contribution in [2.45, 2.75) is 59.8 Å². The molecule has 0 aliphatic carbocycles. The van der Waals surface area contributed by atoms with Crippen molar-refractivity contribution in [3.63, 3.8) is 0 Å². The van der Waals surface area contributed by atoms with Crippen LogP contribution in [0.4, 0.5) is 5.82 Å². The van der Waals surface area contributed by atoms with Gasteiger partial charge < -0.3 is 10.1 Å². The molecule has 0 atom stereocenters. The molecule has 1 aromatic rings. The third-order valence-electron chi connectivity index (χ3n) is 2.89. The summed E-state index contributed by atoms with van der Waals surface area (Å²) in [6.07, 6.45) is 3.64. The zero-order chi connectivity index (χ0) is 15.0. The van der Waals surface area contributed by atoms with Crippen LogP contribution in [0.15, 0.2) is 6.07 Å². The number of hydrogen-bond acceptors (Lipinski definition) is 4. The fraction of sp³-hybridized carbons (Fsp3) is 0.750. The summed E-state index contributed by atoms with van der Waals surface area (Å²) in [7, 11) is 0. The Balaban J connectivity index is 2.71. The Kier molecular flexibility index (Phi) is 7.34. The van der Waals surface area contributed by atoms with E-state index in [0.717, 1.165) is 18.2 Å². The maximum atomic E-state index is 5.74. The molecule has 0 radical (unpaired) electrons. The van der Waals surface area contributed by atoms with Gasteiger partial charge in [-0.1, -0.05) is 47.5 Å². The lowest BCUT2D eigenvalue weighted by molar-refractivity contribution is 0.260. The van der Waals surface area contributed by atoms with E-state index in [0.29, 0.717) is 24.3 Å². The standard InChI is InChI=1S/C16H29N3O/c1-6-7-8-9-17-14-10-15(20-11-12(2)3)19-16(18-14)13(4)5/h10,12-13H,6-9,11H2,1-5H3,(H,17,18,19). The third kappa shape index (κ3) is 6.22. The van der Waals surface area contributed by atoms with Crippen LogP contribution in [-0.4, -0.2) is 23.1 Å². The van der Waals surface area contributed by atoms with Crippen molar-refractivity contribution in [3.8, 4) is 5.88 Å². The van der Waals surface area contributed by atoms with Crippen LogP contribution in [0.3, 0.4) is 0 Å². The molecule has 0 fully saturated rings. The van der Waals surface area contributed by atoms with Crippen molar-refractivity contribution < 1.29 is 4.74 Å². The number of anilines is 1. The van der Waals surface area contributed by atoms with E-state index in [-0.39, 0.29) is 0 Å². The average Bonchev–Trinajstić information content (AvgIpc) is 2.41. The lowest BCUT2D eigenvalue weighted by Gasteiger charge is -2.13. The molecule has 0 aliphatic heterocycles. The molecular formula is C16H29N3O. The van der Waals surface area contributed by atoms with E-state index in [1.54, 1.807) is 0 Å². The molecule has 1 aromatic heterocycles. The lowest BCUT2D eigenvalue weighted by Crippen LogP contribution is -2.10. The second-order valence-electron chi connectivity index (χ2n) is 5.94. The highest BCUT2D eigenvalue weighted by Gasteiger charge is 2.09. The van der Waals surface area contributed by atoms with Gasteiger partial charge in [0.25, 0.3) is 0 Å². The van der Waals surface area contributed by atoms with Crippen LogP contribution in [0.5, 0.6) is 5.88 Å². The quantitative estimate of drug-likeness (QED) is 0.687. The molecule has 0 aromatic carbocycles. The minimum absolute atomic E-state index is 0.300. The first-order valence-electron chi connectivity index (χ1n) is 7.78. The van der Waals surface area contributed by atoms with Gasteiger partial charge in [0.05, 0.1) is 6.61 Å². The number of unbranched alkanes of at least 4 members (excludes halogenated alkanes) is 2. The van der Waals surface area contributed by atoms with Gasteiger partial charge >= 0.3 is 0 Å². The molecule has 0 aliphatic rings. The number of nitrogens with zero attached hydrogens (tertiary/aromatic N) is 2. The fourth-order valence-electron chi connectivity index (χ4n) is 1.71. The van der Waals surface area contributed by atoms with Gasteiger partial charge in [0.2, 0.25) is 5.88 Å². The lowest BCUT2D eigenvalue weighted by atomic mass is 10.2. The summed E-state index contributed by atoms with van der Waals surface area (Å²) in [5, 5.41) is 3.37. The molecule has 0 amide bonds. The summed E-state index contributed by atoms with van der Waals surface area (Å²) in [6.45, 7) is 12.3.